The number of esters is 1. The highest BCUT2D eigenvalue weighted by molar-refractivity contribution is 7.89. The predicted octanol–water partition coefficient (Wildman–Crippen LogP) is 2.07. The average molecular weight is 477 g/mol. The zero-order valence-electron chi connectivity index (χ0n) is 19.3. The fourth-order valence-electron chi connectivity index (χ4n) is 5.42. The van der Waals surface area contributed by atoms with Gasteiger partial charge in [0.2, 0.25) is 10.0 Å². The number of carbonyl (C=O) groups excluding carboxylic acids is 3. The Morgan fingerprint density at radius 2 is 1.67 bits per heavy atom. The smallest absolute Gasteiger partial charge is 0.309 e. The summed E-state index contributed by atoms with van der Waals surface area (Å²) < 4.78 is 32.8. The number of carbonyl (C=O) groups is 3. The molecular weight excluding hydrogens is 444 g/mol. The third-order valence-electron chi connectivity index (χ3n) is 7.26. The van der Waals surface area contributed by atoms with Crippen molar-refractivity contribution >= 4 is 27.7 Å². The lowest BCUT2D eigenvalue weighted by Crippen LogP contribution is -2.51. The number of aryl methyl sites for hydroxylation is 2. The van der Waals surface area contributed by atoms with E-state index in [-0.39, 0.29) is 67.1 Å². The van der Waals surface area contributed by atoms with Crippen LogP contribution in [0.15, 0.2) is 23.1 Å². The van der Waals surface area contributed by atoms with Gasteiger partial charge in [-0.2, -0.15) is 4.31 Å². The zero-order valence-corrected chi connectivity index (χ0v) is 20.1. The van der Waals surface area contributed by atoms with Crippen LogP contribution < -0.4 is 0 Å². The van der Waals surface area contributed by atoms with Crippen molar-refractivity contribution in [2.45, 2.75) is 50.8 Å². The minimum atomic E-state index is -3.63. The van der Waals surface area contributed by atoms with Gasteiger partial charge in [-0.25, -0.2) is 8.42 Å². The fourth-order valence-corrected chi connectivity index (χ4v) is 7.05. The number of amides is 1. The average Bonchev–Trinajstić information content (AvgIpc) is 2.77. The standard InChI is InChI=1S/C24H32N2O6S/c1-16-6-7-21(17(2)12-16)33(30,31)26-10-8-25(9-11-26)22(27)15-32-24(29)20-13-18-4-3-5-19(14-20)23(18)28/h6-7,12,18-20H,3-5,8-11,13-15H2,1-2H3/t18-,19+,20?. The molecule has 0 aromatic heterocycles. The van der Waals surface area contributed by atoms with Crippen LogP contribution in [0.2, 0.25) is 0 Å². The van der Waals surface area contributed by atoms with Gasteiger partial charge in [0, 0.05) is 38.0 Å². The molecule has 3 atom stereocenters. The van der Waals surface area contributed by atoms with Crippen LogP contribution in [0.4, 0.5) is 0 Å². The molecule has 1 amide bonds. The van der Waals surface area contributed by atoms with Crippen molar-refractivity contribution in [1.82, 2.24) is 9.21 Å². The summed E-state index contributed by atoms with van der Waals surface area (Å²) >= 11 is 0. The Balaban J connectivity index is 1.27. The van der Waals surface area contributed by atoms with Gasteiger partial charge in [0.25, 0.3) is 5.91 Å². The normalized spacial score (nSPS) is 26.2. The summed E-state index contributed by atoms with van der Waals surface area (Å²) in [5.74, 6) is -0.834. The molecule has 1 saturated heterocycles. The second-order valence-electron chi connectivity index (χ2n) is 9.56. The van der Waals surface area contributed by atoms with E-state index in [9.17, 15) is 22.8 Å². The number of rotatable bonds is 5. The predicted molar refractivity (Wildman–Crippen MR) is 121 cm³/mol. The monoisotopic (exact) mass is 476 g/mol. The lowest BCUT2D eigenvalue weighted by Gasteiger charge is -2.36. The number of nitrogens with zero attached hydrogens (tertiary/aromatic N) is 2. The number of ether oxygens (including phenoxy) is 1. The van der Waals surface area contributed by atoms with Crippen LogP contribution in [0.1, 0.15) is 43.2 Å². The largest absolute Gasteiger partial charge is 0.455 e. The molecular formula is C24H32N2O6S. The first-order chi connectivity index (χ1) is 15.7. The van der Waals surface area contributed by atoms with Crippen molar-refractivity contribution in [3.63, 3.8) is 0 Å². The molecule has 33 heavy (non-hydrogen) atoms. The highest BCUT2D eigenvalue weighted by Crippen LogP contribution is 2.40. The van der Waals surface area contributed by atoms with E-state index >= 15 is 0 Å². The molecule has 2 bridgehead atoms. The molecule has 8 nitrogen and oxygen atoms in total. The number of piperazine rings is 1. The lowest BCUT2D eigenvalue weighted by atomic mass is 9.67. The molecule has 9 heteroatoms. The summed E-state index contributed by atoms with van der Waals surface area (Å²) in [5.41, 5.74) is 1.70. The molecule has 1 unspecified atom stereocenters. The molecule has 0 radical (unpaired) electrons. The number of Topliss-reactive ketones (excluding diaryl/α,β-unsaturated/α-hetero) is 1. The minimum Gasteiger partial charge on any atom is -0.455 e. The van der Waals surface area contributed by atoms with E-state index in [0.717, 1.165) is 24.8 Å². The van der Waals surface area contributed by atoms with Crippen LogP contribution in [0.5, 0.6) is 0 Å². The van der Waals surface area contributed by atoms with Gasteiger partial charge in [0.1, 0.15) is 5.78 Å². The fraction of sp³-hybridized carbons (Fsp3) is 0.625. The number of hydrogen-bond acceptors (Lipinski definition) is 6. The van der Waals surface area contributed by atoms with Gasteiger partial charge in [-0.1, -0.05) is 24.1 Å². The van der Waals surface area contributed by atoms with Gasteiger partial charge in [0.15, 0.2) is 6.61 Å². The minimum absolute atomic E-state index is 0.0436. The van der Waals surface area contributed by atoms with Crippen molar-refractivity contribution in [3.05, 3.63) is 29.3 Å². The Kier molecular flexibility index (Phi) is 6.91. The second-order valence-corrected chi connectivity index (χ2v) is 11.5. The van der Waals surface area contributed by atoms with E-state index in [0.29, 0.717) is 18.4 Å². The van der Waals surface area contributed by atoms with Crippen molar-refractivity contribution < 1.29 is 27.5 Å². The summed E-state index contributed by atoms with van der Waals surface area (Å²) in [5, 5.41) is 0. The zero-order chi connectivity index (χ0) is 23.8. The maximum Gasteiger partial charge on any atom is 0.309 e. The molecule has 3 fully saturated rings. The van der Waals surface area contributed by atoms with E-state index in [1.165, 1.54) is 4.31 Å². The van der Waals surface area contributed by atoms with Gasteiger partial charge < -0.3 is 9.64 Å². The Hall–Kier alpha value is -2.26. The van der Waals surface area contributed by atoms with Crippen LogP contribution in [0.25, 0.3) is 0 Å². The molecule has 1 heterocycles. The first-order valence-electron chi connectivity index (χ1n) is 11.7. The number of fused-ring (bicyclic) bond motifs is 2. The first-order valence-corrected chi connectivity index (χ1v) is 13.2. The molecule has 2 aliphatic carbocycles. The van der Waals surface area contributed by atoms with Crippen LogP contribution >= 0.6 is 0 Å². The van der Waals surface area contributed by atoms with E-state index in [1.807, 2.05) is 13.0 Å². The van der Waals surface area contributed by atoms with Crippen molar-refractivity contribution in [2.24, 2.45) is 17.8 Å². The molecule has 4 rings (SSSR count). The lowest BCUT2D eigenvalue weighted by molar-refractivity contribution is -0.159. The topological polar surface area (TPSA) is 101 Å². The molecule has 1 aromatic carbocycles. The van der Waals surface area contributed by atoms with Gasteiger partial charge in [-0.3, -0.25) is 14.4 Å². The third-order valence-corrected chi connectivity index (χ3v) is 9.32. The summed E-state index contributed by atoms with van der Waals surface area (Å²) in [4.78, 5) is 39.1. The maximum absolute atomic E-state index is 13.0. The van der Waals surface area contributed by atoms with Crippen molar-refractivity contribution in [2.75, 3.05) is 32.8 Å². The summed E-state index contributed by atoms with van der Waals surface area (Å²) in [6.45, 7) is 4.25. The van der Waals surface area contributed by atoms with E-state index in [2.05, 4.69) is 0 Å². The highest BCUT2D eigenvalue weighted by atomic mass is 32.2. The van der Waals surface area contributed by atoms with E-state index in [1.54, 1.807) is 24.0 Å². The molecule has 2 saturated carbocycles. The van der Waals surface area contributed by atoms with Gasteiger partial charge in [0.05, 0.1) is 10.8 Å². The van der Waals surface area contributed by atoms with E-state index < -0.39 is 16.0 Å². The Morgan fingerprint density at radius 1 is 1.03 bits per heavy atom. The van der Waals surface area contributed by atoms with Crippen LogP contribution in [0, 0.1) is 31.6 Å². The highest BCUT2D eigenvalue weighted by Gasteiger charge is 2.42. The van der Waals surface area contributed by atoms with E-state index in [4.69, 9.17) is 4.74 Å². The third kappa shape index (κ3) is 4.99. The molecule has 0 N–H and O–H groups in total. The van der Waals surface area contributed by atoms with Gasteiger partial charge >= 0.3 is 5.97 Å². The second kappa shape index (κ2) is 9.54. The summed E-state index contributed by atoms with van der Waals surface area (Å²) in [6, 6.07) is 5.25. The van der Waals surface area contributed by atoms with Crippen LogP contribution in [-0.4, -0.2) is 68.1 Å². The molecule has 180 valence electrons. The molecule has 1 aliphatic heterocycles. The molecule has 1 aromatic rings. The summed E-state index contributed by atoms with van der Waals surface area (Å²) in [6.07, 6.45) is 3.77. The number of benzene rings is 1. The Bertz CT molecular complexity index is 1030. The van der Waals surface area contributed by atoms with Crippen LogP contribution in [0.3, 0.4) is 0 Å². The Morgan fingerprint density at radius 3 is 2.27 bits per heavy atom. The van der Waals surface area contributed by atoms with Gasteiger partial charge in [-0.15, -0.1) is 0 Å². The van der Waals surface area contributed by atoms with Crippen molar-refractivity contribution in [1.29, 1.82) is 0 Å². The summed E-state index contributed by atoms with van der Waals surface area (Å²) in [7, 11) is -3.63. The SMILES string of the molecule is Cc1ccc(S(=O)(=O)N2CCN(C(=O)COC(=O)C3C[C@H]4CCC[C@@H](C3)C4=O)CC2)c(C)c1. The van der Waals surface area contributed by atoms with Gasteiger partial charge in [-0.05, 0) is 51.2 Å². The number of sulfonamides is 1. The first kappa shape index (κ1) is 23.9. The molecule has 3 aliphatic rings. The Labute approximate surface area is 195 Å². The quantitative estimate of drug-likeness (QED) is 0.603. The number of ketones is 1. The van der Waals surface area contributed by atoms with Crippen molar-refractivity contribution in [3.8, 4) is 0 Å². The molecule has 0 spiro atoms. The number of hydrogen-bond donors (Lipinski definition) is 0. The van der Waals surface area contributed by atoms with Crippen LogP contribution in [-0.2, 0) is 29.1 Å². The maximum atomic E-state index is 13.0.